The van der Waals surface area contributed by atoms with Crippen LogP contribution in [-0.2, 0) is 0 Å². The van der Waals surface area contributed by atoms with Crippen molar-refractivity contribution in [3.63, 3.8) is 0 Å². The number of hydrogen-bond donors (Lipinski definition) is 2. The van der Waals surface area contributed by atoms with Crippen LogP contribution >= 0.6 is 15.9 Å². The van der Waals surface area contributed by atoms with Crippen LogP contribution in [0.1, 0.15) is 29.3 Å². The molecule has 0 saturated heterocycles. The predicted molar refractivity (Wildman–Crippen MR) is 93.5 cm³/mol. The van der Waals surface area contributed by atoms with Crippen molar-refractivity contribution in [1.82, 2.24) is 0 Å². The van der Waals surface area contributed by atoms with Gasteiger partial charge in [-0.3, -0.25) is 4.79 Å². The zero-order chi connectivity index (χ0) is 16.1. The largest absolute Gasteiger partial charge is 0.491 e. The van der Waals surface area contributed by atoms with Crippen LogP contribution in [-0.4, -0.2) is 12.5 Å². The summed E-state index contributed by atoms with van der Waals surface area (Å²) in [6, 6.07) is 10.8. The van der Waals surface area contributed by atoms with Crippen molar-refractivity contribution in [2.75, 3.05) is 17.7 Å². The molecular formula is C17H19BrN2O2. The summed E-state index contributed by atoms with van der Waals surface area (Å²) < 4.78 is 6.49. The third-order valence-corrected chi connectivity index (χ3v) is 3.66. The number of nitrogen functional groups attached to an aromatic ring is 1. The van der Waals surface area contributed by atoms with Gasteiger partial charge in [-0.2, -0.15) is 0 Å². The van der Waals surface area contributed by atoms with Crippen molar-refractivity contribution in [3.8, 4) is 5.75 Å². The number of ether oxygens (including phenoxy) is 1. The SMILES string of the molecule is CCCOc1ccc(C(=O)Nc2ccc(Br)cc2C)cc1N. The van der Waals surface area contributed by atoms with Gasteiger partial charge >= 0.3 is 0 Å². The summed E-state index contributed by atoms with van der Waals surface area (Å²) in [6.45, 7) is 4.57. The Bertz CT molecular complexity index is 686. The smallest absolute Gasteiger partial charge is 0.255 e. The highest BCUT2D eigenvalue weighted by Gasteiger charge is 2.10. The number of amides is 1. The highest BCUT2D eigenvalue weighted by atomic mass is 79.9. The molecule has 0 atom stereocenters. The molecule has 0 radical (unpaired) electrons. The lowest BCUT2D eigenvalue weighted by Gasteiger charge is -2.11. The summed E-state index contributed by atoms with van der Waals surface area (Å²) >= 11 is 3.40. The van der Waals surface area contributed by atoms with Crippen LogP contribution in [0, 0.1) is 6.92 Å². The maximum absolute atomic E-state index is 12.3. The van der Waals surface area contributed by atoms with Crippen molar-refractivity contribution < 1.29 is 9.53 Å². The van der Waals surface area contributed by atoms with Gasteiger partial charge in [-0.05, 0) is 55.3 Å². The summed E-state index contributed by atoms with van der Waals surface area (Å²) in [6.07, 6.45) is 0.907. The molecule has 0 fully saturated rings. The van der Waals surface area contributed by atoms with Crippen molar-refractivity contribution in [2.24, 2.45) is 0 Å². The molecule has 0 aliphatic carbocycles. The third kappa shape index (κ3) is 4.01. The molecule has 0 bridgehead atoms. The van der Waals surface area contributed by atoms with Crippen LogP contribution < -0.4 is 15.8 Å². The predicted octanol–water partition coefficient (Wildman–Crippen LogP) is 4.38. The van der Waals surface area contributed by atoms with E-state index in [1.54, 1.807) is 18.2 Å². The monoisotopic (exact) mass is 362 g/mol. The van der Waals surface area contributed by atoms with Gasteiger partial charge in [0.05, 0.1) is 12.3 Å². The van der Waals surface area contributed by atoms with Crippen LogP contribution in [0.15, 0.2) is 40.9 Å². The lowest BCUT2D eigenvalue weighted by atomic mass is 10.1. The normalized spacial score (nSPS) is 10.3. The summed E-state index contributed by atoms with van der Waals surface area (Å²) in [5.41, 5.74) is 8.66. The zero-order valence-electron chi connectivity index (χ0n) is 12.7. The number of halogens is 1. The Balaban J connectivity index is 2.14. The Labute approximate surface area is 138 Å². The lowest BCUT2D eigenvalue weighted by molar-refractivity contribution is 0.102. The number of carbonyl (C=O) groups is 1. The van der Waals surface area contributed by atoms with Gasteiger partial charge in [0, 0.05) is 15.7 Å². The van der Waals surface area contributed by atoms with Crippen LogP contribution in [0.2, 0.25) is 0 Å². The first kappa shape index (κ1) is 16.4. The van der Waals surface area contributed by atoms with E-state index in [1.807, 2.05) is 32.0 Å². The Morgan fingerprint density at radius 3 is 2.68 bits per heavy atom. The second-order valence-electron chi connectivity index (χ2n) is 5.01. The van der Waals surface area contributed by atoms with Crippen LogP contribution in [0.3, 0.4) is 0 Å². The molecule has 22 heavy (non-hydrogen) atoms. The fourth-order valence-electron chi connectivity index (χ4n) is 1.99. The maximum atomic E-state index is 12.3. The molecular weight excluding hydrogens is 344 g/mol. The van der Waals surface area contributed by atoms with Gasteiger partial charge in [-0.1, -0.05) is 22.9 Å². The zero-order valence-corrected chi connectivity index (χ0v) is 14.2. The Morgan fingerprint density at radius 1 is 1.27 bits per heavy atom. The Morgan fingerprint density at radius 2 is 2.05 bits per heavy atom. The molecule has 5 heteroatoms. The van der Waals surface area contributed by atoms with Gasteiger partial charge in [0.2, 0.25) is 0 Å². The summed E-state index contributed by atoms with van der Waals surface area (Å²) in [4.78, 5) is 12.3. The average Bonchev–Trinajstić information content (AvgIpc) is 2.48. The highest BCUT2D eigenvalue weighted by Crippen LogP contribution is 2.24. The first-order valence-corrected chi connectivity index (χ1v) is 7.90. The van der Waals surface area contributed by atoms with E-state index in [0.29, 0.717) is 23.6 Å². The molecule has 0 spiro atoms. The minimum Gasteiger partial charge on any atom is -0.491 e. The van der Waals surface area contributed by atoms with E-state index in [2.05, 4.69) is 21.2 Å². The van der Waals surface area contributed by atoms with E-state index in [-0.39, 0.29) is 5.91 Å². The number of benzene rings is 2. The molecule has 3 N–H and O–H groups in total. The number of anilines is 2. The van der Waals surface area contributed by atoms with E-state index >= 15 is 0 Å². The Kier molecular flexibility index (Phi) is 5.44. The number of aryl methyl sites for hydroxylation is 1. The van der Waals surface area contributed by atoms with E-state index < -0.39 is 0 Å². The molecule has 0 aliphatic rings. The average molecular weight is 363 g/mol. The van der Waals surface area contributed by atoms with E-state index in [0.717, 1.165) is 22.1 Å². The topological polar surface area (TPSA) is 64.3 Å². The molecule has 116 valence electrons. The van der Waals surface area contributed by atoms with Gasteiger partial charge in [0.25, 0.3) is 5.91 Å². The van der Waals surface area contributed by atoms with E-state index in [4.69, 9.17) is 10.5 Å². The maximum Gasteiger partial charge on any atom is 0.255 e. The van der Waals surface area contributed by atoms with Crippen LogP contribution in [0.5, 0.6) is 5.75 Å². The fraction of sp³-hybridized carbons (Fsp3) is 0.235. The molecule has 0 unspecified atom stereocenters. The summed E-state index contributed by atoms with van der Waals surface area (Å²) in [5, 5.41) is 2.89. The molecule has 2 aromatic carbocycles. The summed E-state index contributed by atoms with van der Waals surface area (Å²) in [5.74, 6) is 0.414. The first-order valence-electron chi connectivity index (χ1n) is 7.11. The van der Waals surface area contributed by atoms with E-state index in [9.17, 15) is 4.79 Å². The molecule has 0 heterocycles. The van der Waals surface area contributed by atoms with Gasteiger partial charge in [-0.15, -0.1) is 0 Å². The first-order chi connectivity index (χ1) is 10.5. The minimum atomic E-state index is -0.195. The molecule has 2 aromatic rings. The standard InChI is InChI=1S/C17H19BrN2O2/c1-3-8-22-16-7-4-12(10-14(16)19)17(21)20-15-6-5-13(18)9-11(15)2/h4-7,9-10H,3,8,19H2,1-2H3,(H,20,21). The van der Waals surface area contributed by atoms with Crippen molar-refractivity contribution in [3.05, 3.63) is 52.0 Å². The molecule has 0 aliphatic heterocycles. The van der Waals surface area contributed by atoms with E-state index in [1.165, 1.54) is 0 Å². The molecule has 0 aromatic heterocycles. The van der Waals surface area contributed by atoms with Gasteiger partial charge in [0.15, 0.2) is 0 Å². The lowest BCUT2D eigenvalue weighted by Crippen LogP contribution is -2.13. The second-order valence-corrected chi connectivity index (χ2v) is 5.93. The third-order valence-electron chi connectivity index (χ3n) is 3.17. The van der Waals surface area contributed by atoms with Crippen molar-refractivity contribution in [1.29, 1.82) is 0 Å². The number of carbonyl (C=O) groups excluding carboxylic acids is 1. The number of hydrogen-bond acceptors (Lipinski definition) is 3. The van der Waals surface area contributed by atoms with Crippen LogP contribution in [0.25, 0.3) is 0 Å². The van der Waals surface area contributed by atoms with Crippen molar-refractivity contribution in [2.45, 2.75) is 20.3 Å². The summed E-state index contributed by atoms with van der Waals surface area (Å²) in [7, 11) is 0. The Hall–Kier alpha value is -2.01. The van der Waals surface area contributed by atoms with Crippen LogP contribution in [0.4, 0.5) is 11.4 Å². The molecule has 4 nitrogen and oxygen atoms in total. The quantitative estimate of drug-likeness (QED) is 0.775. The van der Waals surface area contributed by atoms with Gasteiger partial charge < -0.3 is 15.8 Å². The second kappa shape index (κ2) is 7.31. The highest BCUT2D eigenvalue weighted by molar-refractivity contribution is 9.10. The van der Waals surface area contributed by atoms with Crippen molar-refractivity contribution >= 4 is 33.2 Å². The number of nitrogens with one attached hydrogen (secondary N) is 1. The number of rotatable bonds is 5. The molecule has 0 saturated carbocycles. The minimum absolute atomic E-state index is 0.195. The van der Waals surface area contributed by atoms with Gasteiger partial charge in [-0.25, -0.2) is 0 Å². The van der Waals surface area contributed by atoms with Gasteiger partial charge in [0.1, 0.15) is 5.75 Å². The molecule has 2 rings (SSSR count). The molecule has 1 amide bonds. The fourth-order valence-corrected chi connectivity index (χ4v) is 2.47. The number of nitrogens with two attached hydrogens (primary N) is 1.